The van der Waals surface area contributed by atoms with Gasteiger partial charge in [-0.2, -0.15) is 0 Å². The molecule has 0 bridgehead atoms. The Hall–Kier alpha value is -5.50. The van der Waals surface area contributed by atoms with Crippen molar-refractivity contribution in [1.82, 2.24) is 10.6 Å². The monoisotopic (exact) mass is 698 g/mol. The molecule has 0 radical (unpaired) electrons. The molecular formula is C44H50N4O4. The molecule has 2 unspecified atom stereocenters. The van der Waals surface area contributed by atoms with Crippen molar-refractivity contribution < 1.29 is 9.59 Å². The van der Waals surface area contributed by atoms with Crippen molar-refractivity contribution in [2.75, 3.05) is 9.80 Å². The molecule has 0 aliphatic rings. The van der Waals surface area contributed by atoms with Crippen molar-refractivity contribution in [3.63, 3.8) is 0 Å². The number of amides is 2. The molecule has 0 aliphatic carbocycles. The molecule has 5 aromatic carbocycles. The largest absolute Gasteiger partial charge is 0.350 e. The van der Waals surface area contributed by atoms with Gasteiger partial charge < -0.3 is 20.4 Å². The van der Waals surface area contributed by atoms with Gasteiger partial charge in [0.15, 0.2) is 0 Å². The van der Waals surface area contributed by atoms with Crippen molar-refractivity contribution >= 4 is 34.6 Å². The minimum Gasteiger partial charge on any atom is -0.350 e. The van der Waals surface area contributed by atoms with Crippen LogP contribution in [0, 0.1) is 25.7 Å². The Bertz CT molecular complexity index is 1850. The molecule has 8 nitrogen and oxygen atoms in total. The van der Waals surface area contributed by atoms with Gasteiger partial charge in [-0.05, 0) is 73.9 Å². The lowest BCUT2D eigenvalue weighted by Gasteiger charge is -2.40. The standard InChI is InChI=1S/C44H50N4O4/c1-29(2)25-37(43(51)45-27-33-13-9-7-10-14-33)47(35-21-17-31(5)18-22-35)39-40(42(50)41(39)49)48(36-23-19-32(6)20-24-36)38(26-30(3)4)44(52)46-28-34-15-11-8-12-16-34/h7-24,29-30,37-38H,25-28H2,1-6H3,(H,45,51)(H,46,52). The van der Waals surface area contributed by atoms with Gasteiger partial charge in [-0.1, -0.05) is 124 Å². The Labute approximate surface area is 307 Å². The lowest BCUT2D eigenvalue weighted by Crippen LogP contribution is -2.54. The Morgan fingerprint density at radius 2 is 0.846 bits per heavy atom. The van der Waals surface area contributed by atoms with E-state index in [1.807, 2.05) is 151 Å². The lowest BCUT2D eigenvalue weighted by atomic mass is 9.95. The predicted molar refractivity (Wildman–Crippen MR) is 211 cm³/mol. The summed E-state index contributed by atoms with van der Waals surface area (Å²) >= 11 is 0. The highest BCUT2D eigenvalue weighted by molar-refractivity contribution is 5.96. The van der Waals surface area contributed by atoms with E-state index in [4.69, 9.17) is 0 Å². The number of hydrogen-bond donors (Lipinski definition) is 2. The summed E-state index contributed by atoms with van der Waals surface area (Å²) in [5.74, 6) is -0.390. The maximum Gasteiger partial charge on any atom is 0.253 e. The fourth-order valence-electron chi connectivity index (χ4n) is 6.51. The minimum absolute atomic E-state index is 0.0704. The van der Waals surface area contributed by atoms with Crippen molar-refractivity contribution in [2.45, 2.75) is 79.6 Å². The highest BCUT2D eigenvalue weighted by Gasteiger charge is 2.41. The normalized spacial score (nSPS) is 12.5. The summed E-state index contributed by atoms with van der Waals surface area (Å²) in [5, 5.41) is 6.20. The molecule has 52 heavy (non-hydrogen) atoms. The summed E-state index contributed by atoms with van der Waals surface area (Å²) in [6, 6.07) is 32.9. The average Bonchev–Trinajstić information content (AvgIpc) is 3.14. The number of nitrogens with zero attached hydrogens (tertiary/aromatic N) is 2. The molecule has 0 fully saturated rings. The molecular weight excluding hydrogens is 649 g/mol. The molecule has 0 heterocycles. The SMILES string of the molecule is Cc1ccc(N(c2c(N(c3ccc(C)cc3)C(CC(C)C)C(=O)NCc3ccccc3)c(=O)c2=O)C(CC(C)C)C(=O)NCc2ccccc2)cc1. The van der Waals surface area contributed by atoms with Crippen LogP contribution in [0.1, 0.15) is 62.8 Å². The third-order valence-electron chi connectivity index (χ3n) is 9.20. The molecule has 5 rings (SSSR count). The first kappa shape index (κ1) is 37.7. The zero-order chi connectivity index (χ0) is 37.4. The number of hydrogen-bond acceptors (Lipinski definition) is 6. The van der Waals surface area contributed by atoms with Crippen LogP contribution in [0.15, 0.2) is 119 Å². The average molecular weight is 699 g/mol. The minimum atomic E-state index is -0.830. The van der Waals surface area contributed by atoms with Gasteiger partial charge in [0.2, 0.25) is 11.8 Å². The van der Waals surface area contributed by atoms with Crippen LogP contribution in [-0.4, -0.2) is 23.9 Å². The first-order valence-corrected chi connectivity index (χ1v) is 18.1. The Morgan fingerprint density at radius 1 is 0.519 bits per heavy atom. The highest BCUT2D eigenvalue weighted by Crippen LogP contribution is 2.40. The van der Waals surface area contributed by atoms with Gasteiger partial charge in [0.05, 0.1) is 0 Å². The van der Waals surface area contributed by atoms with Crippen LogP contribution in [0.2, 0.25) is 0 Å². The fourth-order valence-corrected chi connectivity index (χ4v) is 6.51. The maximum atomic E-state index is 14.3. The summed E-state index contributed by atoms with van der Waals surface area (Å²) in [5.41, 5.74) is 3.97. The van der Waals surface area contributed by atoms with Crippen LogP contribution in [0.4, 0.5) is 22.7 Å². The van der Waals surface area contributed by atoms with Crippen molar-refractivity contribution in [2.24, 2.45) is 11.8 Å². The molecule has 5 aromatic rings. The van der Waals surface area contributed by atoms with E-state index in [1.165, 1.54) is 0 Å². The third kappa shape index (κ3) is 9.04. The van der Waals surface area contributed by atoms with E-state index in [1.54, 1.807) is 9.80 Å². The van der Waals surface area contributed by atoms with Crippen LogP contribution in [0.25, 0.3) is 0 Å². The Balaban J connectivity index is 1.67. The number of anilines is 4. The van der Waals surface area contributed by atoms with Crippen molar-refractivity contribution in [1.29, 1.82) is 0 Å². The number of nitrogens with one attached hydrogen (secondary N) is 2. The lowest BCUT2D eigenvalue weighted by molar-refractivity contribution is -0.123. The Kier molecular flexibility index (Phi) is 12.4. The van der Waals surface area contributed by atoms with Gasteiger partial charge in [0.1, 0.15) is 23.5 Å². The van der Waals surface area contributed by atoms with Crippen LogP contribution in [-0.2, 0) is 22.7 Å². The molecule has 2 atom stereocenters. The summed E-state index contributed by atoms with van der Waals surface area (Å²) in [6.45, 7) is 12.7. The van der Waals surface area contributed by atoms with Gasteiger partial charge in [0, 0.05) is 24.5 Å². The van der Waals surface area contributed by atoms with E-state index in [9.17, 15) is 19.2 Å². The summed E-state index contributed by atoms with van der Waals surface area (Å²) in [4.78, 5) is 60.2. The van der Waals surface area contributed by atoms with E-state index >= 15 is 0 Å². The van der Waals surface area contributed by atoms with Gasteiger partial charge in [-0.15, -0.1) is 0 Å². The number of rotatable bonds is 16. The first-order valence-electron chi connectivity index (χ1n) is 18.1. The zero-order valence-electron chi connectivity index (χ0n) is 31.1. The van der Waals surface area contributed by atoms with Gasteiger partial charge in [-0.3, -0.25) is 19.2 Å². The van der Waals surface area contributed by atoms with Crippen LogP contribution < -0.4 is 31.3 Å². The topological polar surface area (TPSA) is 98.8 Å². The maximum absolute atomic E-state index is 14.3. The predicted octanol–water partition coefficient (Wildman–Crippen LogP) is 7.64. The van der Waals surface area contributed by atoms with E-state index < -0.39 is 22.9 Å². The Morgan fingerprint density at radius 3 is 1.15 bits per heavy atom. The molecule has 0 spiro atoms. The third-order valence-corrected chi connectivity index (χ3v) is 9.20. The van der Waals surface area contributed by atoms with Crippen LogP contribution in [0.5, 0.6) is 0 Å². The van der Waals surface area contributed by atoms with Crippen molar-refractivity contribution in [3.05, 3.63) is 152 Å². The second-order valence-electron chi connectivity index (χ2n) is 14.5. The fraction of sp³-hybridized carbons (Fsp3) is 0.318. The number of aryl methyl sites for hydroxylation is 2. The molecule has 2 N–H and O–H groups in total. The molecule has 8 heteroatoms. The smallest absolute Gasteiger partial charge is 0.253 e. The molecule has 0 saturated carbocycles. The summed E-state index contributed by atoms with van der Waals surface area (Å²) in [7, 11) is 0. The number of carbonyl (C=O) groups is 2. The summed E-state index contributed by atoms with van der Waals surface area (Å²) < 4.78 is 0. The molecule has 270 valence electrons. The van der Waals surface area contributed by atoms with E-state index in [0.717, 1.165) is 22.3 Å². The van der Waals surface area contributed by atoms with E-state index in [2.05, 4.69) is 10.6 Å². The van der Waals surface area contributed by atoms with Crippen LogP contribution >= 0.6 is 0 Å². The van der Waals surface area contributed by atoms with Crippen molar-refractivity contribution in [3.8, 4) is 0 Å². The first-order chi connectivity index (χ1) is 24.9. The number of benzene rings is 4. The van der Waals surface area contributed by atoms with Gasteiger partial charge in [0.25, 0.3) is 10.9 Å². The van der Waals surface area contributed by atoms with Gasteiger partial charge in [-0.25, -0.2) is 0 Å². The molecule has 2 amide bonds. The highest BCUT2D eigenvalue weighted by atomic mass is 16.2. The molecule has 0 saturated heterocycles. The van der Waals surface area contributed by atoms with Gasteiger partial charge >= 0.3 is 0 Å². The van der Waals surface area contributed by atoms with E-state index in [-0.39, 0.29) is 35.0 Å². The molecule has 0 aromatic heterocycles. The number of carbonyl (C=O) groups excluding carboxylic acids is 2. The second-order valence-corrected chi connectivity index (χ2v) is 14.5. The second kappa shape index (κ2) is 17.1. The molecule has 0 aliphatic heterocycles. The summed E-state index contributed by atoms with van der Waals surface area (Å²) in [6.07, 6.45) is 0.814. The quantitative estimate of drug-likeness (QED) is 0.103. The van der Waals surface area contributed by atoms with E-state index in [0.29, 0.717) is 37.3 Å². The van der Waals surface area contributed by atoms with Crippen LogP contribution in [0.3, 0.4) is 0 Å². The zero-order valence-corrected chi connectivity index (χ0v) is 31.1.